The molecule has 0 radical (unpaired) electrons. The first-order valence-electron chi connectivity index (χ1n) is 6.02. The number of aliphatic carboxylic acids is 1. The van der Waals surface area contributed by atoms with Crippen LogP contribution in [-0.2, 0) is 11.2 Å². The number of aromatic amines is 1. The number of nitrogens with one attached hydrogen (secondary N) is 1. The van der Waals surface area contributed by atoms with Crippen LogP contribution in [0.4, 0.5) is 0 Å². The minimum atomic E-state index is -0.827. The minimum absolute atomic E-state index is 0.0619. The molecule has 2 N–H and O–H groups in total. The molecular formula is C14H16N2O3. The second-order valence-corrected chi connectivity index (χ2v) is 4.26. The van der Waals surface area contributed by atoms with Gasteiger partial charge in [0.1, 0.15) is 5.75 Å². The first kappa shape index (κ1) is 13.1. The molecule has 1 heterocycles. The highest BCUT2D eigenvalue weighted by Gasteiger charge is 2.16. The van der Waals surface area contributed by atoms with E-state index in [1.54, 1.807) is 7.11 Å². The molecule has 0 bridgehead atoms. The largest absolute Gasteiger partial charge is 0.496 e. The van der Waals surface area contributed by atoms with Crippen molar-refractivity contribution in [3.63, 3.8) is 0 Å². The molecule has 100 valence electrons. The lowest BCUT2D eigenvalue weighted by Gasteiger charge is -2.09. The van der Waals surface area contributed by atoms with Crippen molar-refractivity contribution in [2.45, 2.75) is 19.8 Å². The maximum atomic E-state index is 10.7. The van der Waals surface area contributed by atoms with E-state index in [2.05, 4.69) is 10.2 Å². The maximum Gasteiger partial charge on any atom is 0.303 e. The predicted octanol–water partition coefficient (Wildman–Crippen LogP) is 2.41. The fourth-order valence-electron chi connectivity index (χ4n) is 2.09. The van der Waals surface area contributed by atoms with Crippen LogP contribution in [0.2, 0.25) is 0 Å². The van der Waals surface area contributed by atoms with E-state index in [9.17, 15) is 4.79 Å². The second-order valence-electron chi connectivity index (χ2n) is 4.26. The number of rotatable bonds is 5. The van der Waals surface area contributed by atoms with Gasteiger partial charge in [0.05, 0.1) is 19.2 Å². The number of carboxylic acids is 1. The molecule has 5 nitrogen and oxygen atoms in total. The summed E-state index contributed by atoms with van der Waals surface area (Å²) in [6.07, 6.45) is 0.458. The molecule has 0 spiro atoms. The molecular weight excluding hydrogens is 244 g/mol. The van der Waals surface area contributed by atoms with Crippen molar-refractivity contribution in [3.05, 3.63) is 35.7 Å². The van der Waals surface area contributed by atoms with Gasteiger partial charge in [-0.3, -0.25) is 9.89 Å². The molecule has 0 fully saturated rings. The van der Waals surface area contributed by atoms with Crippen molar-refractivity contribution in [1.82, 2.24) is 10.2 Å². The summed E-state index contributed by atoms with van der Waals surface area (Å²) in [6, 6.07) is 7.64. The molecule has 2 aromatic rings. The van der Waals surface area contributed by atoms with Crippen LogP contribution >= 0.6 is 0 Å². The molecule has 0 saturated heterocycles. The molecule has 0 aliphatic carbocycles. The number of para-hydroxylation sites is 1. The van der Waals surface area contributed by atoms with E-state index in [1.165, 1.54) is 0 Å². The zero-order valence-corrected chi connectivity index (χ0v) is 10.9. The number of benzene rings is 1. The number of ether oxygens (including phenoxy) is 1. The predicted molar refractivity (Wildman–Crippen MR) is 71.3 cm³/mol. The molecule has 0 saturated carbocycles. The number of carboxylic acid groups (broad SMARTS) is 1. The van der Waals surface area contributed by atoms with Crippen molar-refractivity contribution >= 4 is 5.97 Å². The average Bonchev–Trinajstić information content (AvgIpc) is 2.77. The summed E-state index contributed by atoms with van der Waals surface area (Å²) in [5, 5.41) is 15.9. The summed E-state index contributed by atoms with van der Waals surface area (Å²) in [7, 11) is 1.62. The minimum Gasteiger partial charge on any atom is -0.496 e. The molecule has 5 heteroatoms. The van der Waals surface area contributed by atoms with Gasteiger partial charge in [0.15, 0.2) is 0 Å². The summed E-state index contributed by atoms with van der Waals surface area (Å²) in [6.45, 7) is 1.92. The van der Waals surface area contributed by atoms with Crippen LogP contribution in [0.15, 0.2) is 24.3 Å². The van der Waals surface area contributed by atoms with Crippen molar-refractivity contribution in [3.8, 4) is 16.9 Å². The maximum absolute atomic E-state index is 10.7. The van der Waals surface area contributed by atoms with Crippen LogP contribution in [0.3, 0.4) is 0 Å². The average molecular weight is 260 g/mol. The Morgan fingerprint density at radius 1 is 1.42 bits per heavy atom. The van der Waals surface area contributed by atoms with E-state index in [4.69, 9.17) is 9.84 Å². The van der Waals surface area contributed by atoms with E-state index < -0.39 is 5.97 Å². The summed E-state index contributed by atoms with van der Waals surface area (Å²) >= 11 is 0. The van der Waals surface area contributed by atoms with Crippen LogP contribution in [0.1, 0.15) is 17.8 Å². The molecule has 0 atom stereocenters. The van der Waals surface area contributed by atoms with Gasteiger partial charge in [0.2, 0.25) is 0 Å². The Morgan fingerprint density at radius 2 is 2.16 bits per heavy atom. The Balaban J connectivity index is 2.43. The topological polar surface area (TPSA) is 75.2 Å². The Bertz CT molecular complexity index is 590. The fraction of sp³-hybridized carbons (Fsp3) is 0.286. The third-order valence-electron chi connectivity index (χ3n) is 2.97. The lowest BCUT2D eigenvalue weighted by atomic mass is 10.0. The third-order valence-corrected chi connectivity index (χ3v) is 2.97. The Hall–Kier alpha value is -2.30. The lowest BCUT2D eigenvalue weighted by Crippen LogP contribution is -1.99. The molecule has 0 aliphatic heterocycles. The molecule has 0 unspecified atom stereocenters. The van der Waals surface area contributed by atoms with Crippen LogP contribution in [-0.4, -0.2) is 28.4 Å². The summed E-state index contributed by atoms with van der Waals surface area (Å²) in [4.78, 5) is 10.7. The molecule has 19 heavy (non-hydrogen) atoms. The van der Waals surface area contributed by atoms with E-state index in [-0.39, 0.29) is 6.42 Å². The van der Waals surface area contributed by atoms with E-state index >= 15 is 0 Å². The number of carbonyl (C=O) groups is 1. The zero-order valence-electron chi connectivity index (χ0n) is 10.9. The van der Waals surface area contributed by atoms with Gasteiger partial charge in [-0.25, -0.2) is 0 Å². The number of H-pyrrole nitrogens is 1. The molecule has 0 amide bonds. The standard InChI is InChI=1S/C14H16N2O3/c1-9-14(10-5-3-4-6-12(10)19-2)11(16-15-9)7-8-13(17)18/h3-6H,7-8H2,1-2H3,(H,15,16)(H,17,18). The Labute approximate surface area is 111 Å². The van der Waals surface area contributed by atoms with Gasteiger partial charge in [-0.2, -0.15) is 5.10 Å². The van der Waals surface area contributed by atoms with Crippen LogP contribution in [0, 0.1) is 6.92 Å². The monoisotopic (exact) mass is 260 g/mol. The number of aryl methyl sites for hydroxylation is 2. The zero-order chi connectivity index (χ0) is 13.8. The van der Waals surface area contributed by atoms with Gasteiger partial charge in [0, 0.05) is 23.2 Å². The highest BCUT2D eigenvalue weighted by atomic mass is 16.5. The summed E-state index contributed by atoms with van der Waals surface area (Å²) < 4.78 is 5.35. The van der Waals surface area contributed by atoms with E-state index in [0.717, 1.165) is 28.3 Å². The van der Waals surface area contributed by atoms with Crippen molar-refractivity contribution in [1.29, 1.82) is 0 Å². The highest BCUT2D eigenvalue weighted by molar-refractivity contribution is 5.75. The van der Waals surface area contributed by atoms with Crippen molar-refractivity contribution in [2.75, 3.05) is 7.11 Å². The lowest BCUT2D eigenvalue weighted by molar-refractivity contribution is -0.136. The molecule has 1 aromatic carbocycles. The third kappa shape index (κ3) is 2.76. The number of nitrogens with zero attached hydrogens (tertiary/aromatic N) is 1. The highest BCUT2D eigenvalue weighted by Crippen LogP contribution is 2.33. The van der Waals surface area contributed by atoms with Gasteiger partial charge in [-0.05, 0) is 13.0 Å². The normalized spacial score (nSPS) is 10.4. The molecule has 0 aliphatic rings. The number of aromatic nitrogens is 2. The number of hydrogen-bond acceptors (Lipinski definition) is 3. The SMILES string of the molecule is COc1ccccc1-c1c(CCC(=O)O)n[nH]c1C. The Morgan fingerprint density at radius 3 is 2.84 bits per heavy atom. The molecule has 2 rings (SSSR count). The van der Waals surface area contributed by atoms with Crippen LogP contribution < -0.4 is 4.74 Å². The summed E-state index contributed by atoms with van der Waals surface area (Å²) in [5.41, 5.74) is 3.52. The first-order chi connectivity index (χ1) is 9.13. The van der Waals surface area contributed by atoms with Crippen LogP contribution in [0.25, 0.3) is 11.1 Å². The Kier molecular flexibility index (Phi) is 3.85. The van der Waals surface area contributed by atoms with Gasteiger partial charge < -0.3 is 9.84 Å². The smallest absolute Gasteiger partial charge is 0.303 e. The number of hydrogen-bond donors (Lipinski definition) is 2. The van der Waals surface area contributed by atoms with Gasteiger partial charge in [-0.1, -0.05) is 18.2 Å². The van der Waals surface area contributed by atoms with Gasteiger partial charge in [-0.15, -0.1) is 0 Å². The quantitative estimate of drug-likeness (QED) is 0.865. The van der Waals surface area contributed by atoms with E-state index in [1.807, 2.05) is 31.2 Å². The van der Waals surface area contributed by atoms with E-state index in [0.29, 0.717) is 6.42 Å². The van der Waals surface area contributed by atoms with Crippen molar-refractivity contribution < 1.29 is 14.6 Å². The second kappa shape index (κ2) is 5.56. The number of methoxy groups -OCH3 is 1. The van der Waals surface area contributed by atoms with Gasteiger partial charge >= 0.3 is 5.97 Å². The summed E-state index contributed by atoms with van der Waals surface area (Å²) in [5.74, 6) is -0.0739. The van der Waals surface area contributed by atoms with Gasteiger partial charge in [0.25, 0.3) is 0 Å². The first-order valence-corrected chi connectivity index (χ1v) is 6.02. The fourth-order valence-corrected chi connectivity index (χ4v) is 2.09. The molecule has 1 aromatic heterocycles. The van der Waals surface area contributed by atoms with Crippen LogP contribution in [0.5, 0.6) is 5.75 Å². The van der Waals surface area contributed by atoms with Crippen molar-refractivity contribution in [2.24, 2.45) is 0 Å².